The molecule has 2 atom stereocenters. The first-order chi connectivity index (χ1) is 10.3. The van der Waals surface area contributed by atoms with Gasteiger partial charge in [0.25, 0.3) is 0 Å². The molecule has 1 aromatic carbocycles. The molecule has 2 N–H and O–H groups in total. The highest BCUT2D eigenvalue weighted by molar-refractivity contribution is 5.95. The molecular weight excluding hydrogens is 308 g/mol. The zero-order valence-corrected chi connectivity index (χ0v) is 11.5. The zero-order valence-electron chi connectivity index (χ0n) is 11.5. The lowest BCUT2D eigenvalue weighted by Crippen LogP contribution is -2.43. The molecule has 0 bridgehead atoms. The quantitative estimate of drug-likeness (QED) is 0.833. The van der Waals surface area contributed by atoms with E-state index in [1.54, 1.807) is 0 Å². The molecular formula is C13H14F4N2O3. The van der Waals surface area contributed by atoms with Gasteiger partial charge in [0.15, 0.2) is 11.6 Å². The van der Waals surface area contributed by atoms with Crippen LogP contribution < -0.4 is 15.4 Å². The second-order valence-electron chi connectivity index (χ2n) is 4.65. The molecule has 0 aliphatic carbocycles. The van der Waals surface area contributed by atoms with Crippen molar-refractivity contribution >= 4 is 11.6 Å². The third-order valence-corrected chi connectivity index (χ3v) is 3.20. The van der Waals surface area contributed by atoms with Crippen molar-refractivity contribution in [1.82, 2.24) is 5.32 Å². The van der Waals surface area contributed by atoms with Gasteiger partial charge in [-0.25, -0.2) is 4.39 Å². The van der Waals surface area contributed by atoms with Gasteiger partial charge in [-0.3, -0.25) is 4.79 Å². The number of halogens is 4. The Labute approximate surface area is 123 Å². The van der Waals surface area contributed by atoms with Crippen LogP contribution in [0.3, 0.4) is 0 Å². The number of hydrogen-bond donors (Lipinski definition) is 2. The number of alkyl halides is 3. The molecule has 0 unspecified atom stereocenters. The lowest BCUT2D eigenvalue weighted by Gasteiger charge is -2.18. The number of methoxy groups -OCH3 is 1. The maximum atomic E-state index is 13.9. The van der Waals surface area contributed by atoms with Crippen molar-refractivity contribution in [2.75, 3.05) is 19.0 Å². The summed E-state index contributed by atoms with van der Waals surface area (Å²) in [6.07, 6.45) is -4.79. The topological polar surface area (TPSA) is 59.6 Å². The first-order valence-electron chi connectivity index (χ1n) is 6.43. The van der Waals surface area contributed by atoms with Crippen LogP contribution in [0.15, 0.2) is 18.2 Å². The Kier molecular flexibility index (Phi) is 4.87. The van der Waals surface area contributed by atoms with Crippen molar-refractivity contribution in [2.45, 2.75) is 24.9 Å². The van der Waals surface area contributed by atoms with E-state index in [1.807, 2.05) is 0 Å². The SMILES string of the molecule is CO[C@@H]1CCN[C@@H]1C(=O)Nc1cccc(OC(F)(F)F)c1F. The zero-order chi connectivity index (χ0) is 16.3. The largest absolute Gasteiger partial charge is 0.573 e. The van der Waals surface area contributed by atoms with E-state index >= 15 is 0 Å². The standard InChI is InChI=1S/C13H14F4N2O3/c1-21-9-5-6-18-11(9)12(20)19-7-3-2-4-8(10(7)14)22-13(15,16)17/h2-4,9,11,18H,5-6H2,1H3,(H,19,20)/t9-,11+/m1/s1. The molecule has 9 heteroatoms. The molecule has 1 aromatic rings. The number of anilines is 1. The second kappa shape index (κ2) is 6.49. The molecule has 22 heavy (non-hydrogen) atoms. The molecule has 0 saturated carbocycles. The predicted octanol–water partition coefficient (Wildman–Crippen LogP) is 2.04. The summed E-state index contributed by atoms with van der Waals surface area (Å²) in [6.45, 7) is 0.552. The van der Waals surface area contributed by atoms with Crippen LogP contribution in [0.2, 0.25) is 0 Å². The van der Waals surface area contributed by atoms with Gasteiger partial charge in [-0.15, -0.1) is 13.2 Å². The highest BCUT2D eigenvalue weighted by atomic mass is 19.4. The molecule has 1 aliphatic heterocycles. The number of nitrogens with one attached hydrogen (secondary N) is 2. The summed E-state index contributed by atoms with van der Waals surface area (Å²) in [5, 5.41) is 5.12. The monoisotopic (exact) mass is 322 g/mol. The minimum Gasteiger partial charge on any atom is -0.403 e. The van der Waals surface area contributed by atoms with E-state index in [2.05, 4.69) is 15.4 Å². The summed E-state index contributed by atoms with van der Waals surface area (Å²) in [7, 11) is 1.44. The maximum absolute atomic E-state index is 13.9. The van der Waals surface area contributed by atoms with Crippen molar-refractivity contribution in [3.63, 3.8) is 0 Å². The van der Waals surface area contributed by atoms with Crippen LogP contribution in [0.4, 0.5) is 23.2 Å². The minimum atomic E-state index is -5.02. The van der Waals surface area contributed by atoms with Gasteiger partial charge < -0.3 is 20.1 Å². The molecule has 1 aliphatic rings. The molecule has 122 valence electrons. The van der Waals surface area contributed by atoms with Crippen LogP contribution in [-0.4, -0.2) is 38.1 Å². The Morgan fingerprint density at radius 1 is 1.41 bits per heavy atom. The molecule has 1 amide bonds. The lowest BCUT2D eigenvalue weighted by atomic mass is 10.1. The molecule has 2 rings (SSSR count). The van der Waals surface area contributed by atoms with E-state index in [0.29, 0.717) is 13.0 Å². The number of amides is 1. The van der Waals surface area contributed by atoms with Crippen molar-refractivity contribution in [3.8, 4) is 5.75 Å². The summed E-state index contributed by atoms with van der Waals surface area (Å²) < 4.78 is 59.1. The molecule has 0 radical (unpaired) electrons. The van der Waals surface area contributed by atoms with Gasteiger partial charge in [-0.1, -0.05) is 6.07 Å². The van der Waals surface area contributed by atoms with Crippen molar-refractivity contribution < 1.29 is 31.8 Å². The smallest absolute Gasteiger partial charge is 0.403 e. The summed E-state index contributed by atoms with van der Waals surface area (Å²) in [6, 6.07) is 2.42. The summed E-state index contributed by atoms with van der Waals surface area (Å²) in [5.74, 6) is -2.89. The highest BCUT2D eigenvalue weighted by Crippen LogP contribution is 2.29. The minimum absolute atomic E-state index is 0.377. The lowest BCUT2D eigenvalue weighted by molar-refractivity contribution is -0.275. The van der Waals surface area contributed by atoms with E-state index < -0.39 is 35.6 Å². The van der Waals surface area contributed by atoms with E-state index in [-0.39, 0.29) is 6.10 Å². The van der Waals surface area contributed by atoms with E-state index in [4.69, 9.17) is 4.74 Å². The average Bonchev–Trinajstić information content (AvgIpc) is 2.90. The third kappa shape index (κ3) is 3.86. The van der Waals surface area contributed by atoms with E-state index in [0.717, 1.165) is 18.2 Å². The van der Waals surface area contributed by atoms with Crippen molar-refractivity contribution in [3.05, 3.63) is 24.0 Å². The van der Waals surface area contributed by atoms with Crippen molar-refractivity contribution in [2.24, 2.45) is 0 Å². The molecule has 0 spiro atoms. The van der Waals surface area contributed by atoms with Crippen LogP contribution in [0.1, 0.15) is 6.42 Å². The fraction of sp³-hybridized carbons (Fsp3) is 0.462. The molecule has 1 saturated heterocycles. The van der Waals surface area contributed by atoms with Gasteiger partial charge in [0.05, 0.1) is 11.8 Å². The Hall–Kier alpha value is -1.87. The maximum Gasteiger partial charge on any atom is 0.573 e. The molecule has 1 fully saturated rings. The average molecular weight is 322 g/mol. The van der Waals surface area contributed by atoms with Crippen LogP contribution >= 0.6 is 0 Å². The van der Waals surface area contributed by atoms with Crippen LogP contribution in [0, 0.1) is 5.82 Å². The first-order valence-corrected chi connectivity index (χ1v) is 6.43. The van der Waals surface area contributed by atoms with Gasteiger partial charge in [-0.05, 0) is 25.1 Å². The Bertz CT molecular complexity index is 551. The normalized spacial score (nSPS) is 21.7. The van der Waals surface area contributed by atoms with Gasteiger partial charge in [0, 0.05) is 7.11 Å². The molecule has 5 nitrogen and oxygen atoms in total. The Morgan fingerprint density at radius 3 is 2.77 bits per heavy atom. The summed E-state index contributed by atoms with van der Waals surface area (Å²) >= 11 is 0. The second-order valence-corrected chi connectivity index (χ2v) is 4.65. The van der Waals surface area contributed by atoms with Gasteiger partial charge in [-0.2, -0.15) is 0 Å². The third-order valence-electron chi connectivity index (χ3n) is 3.20. The molecule has 0 aromatic heterocycles. The Morgan fingerprint density at radius 2 is 2.14 bits per heavy atom. The number of carbonyl (C=O) groups is 1. The van der Waals surface area contributed by atoms with Gasteiger partial charge in [0.1, 0.15) is 6.04 Å². The van der Waals surface area contributed by atoms with E-state index in [1.165, 1.54) is 7.11 Å². The number of carbonyl (C=O) groups excluding carboxylic acids is 1. The first kappa shape index (κ1) is 16.5. The Balaban J connectivity index is 2.13. The summed E-state index contributed by atoms with van der Waals surface area (Å²) in [5.41, 5.74) is -0.393. The summed E-state index contributed by atoms with van der Waals surface area (Å²) in [4.78, 5) is 12.0. The van der Waals surface area contributed by atoms with Gasteiger partial charge >= 0.3 is 6.36 Å². The molecule has 1 heterocycles. The predicted molar refractivity (Wildman–Crippen MR) is 68.9 cm³/mol. The van der Waals surface area contributed by atoms with E-state index in [9.17, 15) is 22.4 Å². The number of rotatable bonds is 4. The fourth-order valence-electron chi connectivity index (χ4n) is 2.22. The fourth-order valence-corrected chi connectivity index (χ4v) is 2.22. The number of ether oxygens (including phenoxy) is 2. The number of benzene rings is 1. The van der Waals surface area contributed by atoms with Crippen molar-refractivity contribution in [1.29, 1.82) is 0 Å². The van der Waals surface area contributed by atoms with Crippen LogP contribution in [0.5, 0.6) is 5.75 Å². The van der Waals surface area contributed by atoms with Crippen LogP contribution in [0.25, 0.3) is 0 Å². The van der Waals surface area contributed by atoms with Crippen LogP contribution in [-0.2, 0) is 9.53 Å². The highest BCUT2D eigenvalue weighted by Gasteiger charge is 2.35. The number of hydrogen-bond acceptors (Lipinski definition) is 4. The van der Waals surface area contributed by atoms with Gasteiger partial charge in [0.2, 0.25) is 5.91 Å².